The third-order valence-electron chi connectivity index (χ3n) is 3.79. The Bertz CT molecular complexity index is 974. The van der Waals surface area contributed by atoms with Gasteiger partial charge in [-0.25, -0.2) is 17.5 Å². The summed E-state index contributed by atoms with van der Waals surface area (Å²) < 4.78 is 40.9. The van der Waals surface area contributed by atoms with Crippen LogP contribution in [0.2, 0.25) is 0 Å². The van der Waals surface area contributed by atoms with E-state index in [2.05, 4.69) is 4.72 Å². The molecule has 0 saturated carbocycles. The van der Waals surface area contributed by atoms with Crippen molar-refractivity contribution in [3.05, 3.63) is 78.1 Å². The molecule has 25 heavy (non-hydrogen) atoms. The topological polar surface area (TPSA) is 46.2 Å². The third kappa shape index (κ3) is 4.60. The third-order valence-corrected chi connectivity index (χ3v) is 6.25. The Morgan fingerprint density at radius 2 is 1.64 bits per heavy atom. The van der Waals surface area contributed by atoms with Crippen LogP contribution in [0.3, 0.4) is 0 Å². The number of hydrogen-bond acceptors (Lipinski definition) is 3. The Balaban J connectivity index is 1.55. The highest BCUT2D eigenvalue weighted by atomic mass is 32.2. The summed E-state index contributed by atoms with van der Waals surface area (Å²) in [6, 6.07) is 19.3. The van der Waals surface area contributed by atoms with Crippen LogP contribution in [0, 0.1) is 5.82 Å². The average Bonchev–Trinajstić information content (AvgIpc) is 2.62. The molecule has 0 bridgehead atoms. The first-order valence-electron chi connectivity index (χ1n) is 7.86. The van der Waals surface area contributed by atoms with Gasteiger partial charge in [0.15, 0.2) is 0 Å². The first kappa shape index (κ1) is 17.9. The molecule has 1 N–H and O–H groups in total. The molecule has 130 valence electrons. The average molecular weight is 375 g/mol. The van der Waals surface area contributed by atoms with Crippen LogP contribution >= 0.6 is 11.8 Å². The smallest absolute Gasteiger partial charge is 0.210 e. The second kappa shape index (κ2) is 7.99. The number of sulfonamides is 1. The Labute approximate surface area is 151 Å². The number of rotatable bonds is 7. The van der Waals surface area contributed by atoms with Crippen molar-refractivity contribution in [1.82, 2.24) is 4.72 Å². The second-order valence-electron chi connectivity index (χ2n) is 5.55. The fourth-order valence-electron chi connectivity index (χ4n) is 2.46. The van der Waals surface area contributed by atoms with E-state index in [4.69, 9.17) is 0 Å². The molecule has 0 fully saturated rings. The van der Waals surface area contributed by atoms with E-state index in [-0.39, 0.29) is 10.7 Å². The van der Waals surface area contributed by atoms with Crippen LogP contribution in [-0.2, 0) is 15.8 Å². The monoisotopic (exact) mass is 375 g/mol. The predicted molar refractivity (Wildman–Crippen MR) is 102 cm³/mol. The summed E-state index contributed by atoms with van der Waals surface area (Å²) >= 11 is 1.49. The van der Waals surface area contributed by atoms with E-state index < -0.39 is 10.0 Å². The molecule has 0 aliphatic carbocycles. The molecule has 0 atom stereocenters. The van der Waals surface area contributed by atoms with Crippen molar-refractivity contribution in [2.75, 3.05) is 12.3 Å². The SMILES string of the molecule is O=S(=O)(NCCSCc1ccccc1F)c1ccc2ccccc2c1. The minimum Gasteiger partial charge on any atom is -0.210 e. The number of thioether (sulfide) groups is 1. The van der Waals surface area contributed by atoms with Crippen LogP contribution in [0.25, 0.3) is 10.8 Å². The number of halogens is 1. The van der Waals surface area contributed by atoms with Crippen molar-refractivity contribution in [2.24, 2.45) is 0 Å². The van der Waals surface area contributed by atoms with Gasteiger partial charge < -0.3 is 0 Å². The van der Waals surface area contributed by atoms with Crippen LogP contribution in [0.4, 0.5) is 4.39 Å². The highest BCUT2D eigenvalue weighted by Crippen LogP contribution is 2.19. The van der Waals surface area contributed by atoms with E-state index in [1.807, 2.05) is 24.3 Å². The summed E-state index contributed by atoms with van der Waals surface area (Å²) in [5, 5.41) is 1.89. The maximum Gasteiger partial charge on any atom is 0.240 e. The van der Waals surface area contributed by atoms with Gasteiger partial charge in [0.05, 0.1) is 4.90 Å². The van der Waals surface area contributed by atoms with Gasteiger partial charge in [0.25, 0.3) is 0 Å². The summed E-state index contributed by atoms with van der Waals surface area (Å²) in [7, 11) is -3.54. The minimum atomic E-state index is -3.54. The maximum atomic E-state index is 13.5. The molecule has 0 saturated heterocycles. The van der Waals surface area contributed by atoms with Crippen LogP contribution < -0.4 is 4.72 Å². The van der Waals surface area contributed by atoms with E-state index in [0.29, 0.717) is 23.6 Å². The molecule has 0 unspecified atom stereocenters. The van der Waals surface area contributed by atoms with Gasteiger partial charge in [-0.3, -0.25) is 0 Å². The second-order valence-corrected chi connectivity index (χ2v) is 8.42. The molecule has 0 aliphatic rings. The van der Waals surface area contributed by atoms with Crippen molar-refractivity contribution in [3.8, 4) is 0 Å². The highest BCUT2D eigenvalue weighted by molar-refractivity contribution is 7.98. The molecule has 0 spiro atoms. The highest BCUT2D eigenvalue weighted by Gasteiger charge is 2.13. The lowest BCUT2D eigenvalue weighted by Crippen LogP contribution is -2.26. The van der Waals surface area contributed by atoms with Crippen molar-refractivity contribution < 1.29 is 12.8 Å². The van der Waals surface area contributed by atoms with Crippen LogP contribution in [0.5, 0.6) is 0 Å². The van der Waals surface area contributed by atoms with Crippen LogP contribution in [-0.4, -0.2) is 20.7 Å². The molecule has 3 aromatic rings. The van der Waals surface area contributed by atoms with Crippen LogP contribution in [0.15, 0.2) is 71.6 Å². The summed E-state index contributed by atoms with van der Waals surface area (Å²) in [4.78, 5) is 0.255. The molecular formula is C19H18FNO2S2. The normalized spacial score (nSPS) is 11.7. The molecule has 3 nitrogen and oxygen atoms in total. The summed E-state index contributed by atoms with van der Waals surface area (Å²) in [6.45, 7) is 0.300. The largest absolute Gasteiger partial charge is 0.240 e. The lowest BCUT2D eigenvalue weighted by molar-refractivity contribution is 0.584. The van der Waals surface area contributed by atoms with E-state index >= 15 is 0 Å². The van der Waals surface area contributed by atoms with Crippen molar-refractivity contribution in [2.45, 2.75) is 10.6 Å². The molecule has 0 amide bonds. The van der Waals surface area contributed by atoms with Crippen molar-refractivity contribution >= 4 is 32.6 Å². The molecule has 6 heteroatoms. The standard InChI is InChI=1S/C19H18FNO2S2/c20-19-8-4-3-7-17(19)14-24-12-11-21-25(22,23)18-10-9-15-5-1-2-6-16(15)13-18/h1-10,13,21H,11-12,14H2. The Morgan fingerprint density at radius 1 is 0.920 bits per heavy atom. The molecule has 0 aromatic heterocycles. The Hall–Kier alpha value is -1.89. The molecule has 3 rings (SSSR count). The predicted octanol–water partition coefficient (Wildman–Crippen LogP) is 4.19. The van der Waals surface area contributed by atoms with Crippen molar-refractivity contribution in [3.63, 3.8) is 0 Å². The number of hydrogen-bond donors (Lipinski definition) is 1. The zero-order chi connectivity index (χ0) is 17.7. The Kier molecular flexibility index (Phi) is 5.73. The number of fused-ring (bicyclic) bond motifs is 1. The van der Waals surface area contributed by atoms with Gasteiger partial charge in [0.2, 0.25) is 10.0 Å². The molecule has 0 aliphatic heterocycles. The summed E-state index contributed by atoms with van der Waals surface area (Å²) in [5.41, 5.74) is 0.630. The minimum absolute atomic E-state index is 0.230. The van der Waals surface area contributed by atoms with E-state index in [1.165, 1.54) is 17.8 Å². The molecule has 0 radical (unpaired) electrons. The van der Waals surface area contributed by atoms with Gasteiger partial charge in [0.1, 0.15) is 5.82 Å². The van der Waals surface area contributed by atoms with Gasteiger partial charge in [-0.2, -0.15) is 11.8 Å². The first-order valence-corrected chi connectivity index (χ1v) is 10.5. The molecular weight excluding hydrogens is 357 g/mol. The first-order chi connectivity index (χ1) is 12.1. The van der Waals surface area contributed by atoms with Gasteiger partial charge in [0, 0.05) is 18.1 Å². The van der Waals surface area contributed by atoms with E-state index in [9.17, 15) is 12.8 Å². The van der Waals surface area contributed by atoms with E-state index in [0.717, 1.165) is 10.8 Å². The van der Waals surface area contributed by atoms with Gasteiger partial charge in [-0.05, 0) is 34.5 Å². The zero-order valence-corrected chi connectivity index (χ0v) is 15.1. The summed E-state index contributed by atoms with van der Waals surface area (Å²) in [6.07, 6.45) is 0. The summed E-state index contributed by atoms with van der Waals surface area (Å²) in [5.74, 6) is 0.859. The Morgan fingerprint density at radius 3 is 2.44 bits per heavy atom. The number of nitrogens with one attached hydrogen (secondary N) is 1. The fourth-order valence-corrected chi connectivity index (χ4v) is 4.50. The van der Waals surface area contributed by atoms with E-state index in [1.54, 1.807) is 36.4 Å². The quantitative estimate of drug-likeness (QED) is 0.630. The van der Waals surface area contributed by atoms with Gasteiger partial charge >= 0.3 is 0 Å². The van der Waals surface area contributed by atoms with Crippen LogP contribution in [0.1, 0.15) is 5.56 Å². The fraction of sp³-hybridized carbons (Fsp3) is 0.158. The lowest BCUT2D eigenvalue weighted by Gasteiger charge is -2.08. The maximum absolute atomic E-state index is 13.5. The van der Waals surface area contributed by atoms with Gasteiger partial charge in [-0.15, -0.1) is 0 Å². The molecule has 3 aromatic carbocycles. The lowest BCUT2D eigenvalue weighted by atomic mass is 10.1. The van der Waals surface area contributed by atoms with Crippen molar-refractivity contribution in [1.29, 1.82) is 0 Å². The van der Waals surface area contributed by atoms with Gasteiger partial charge in [-0.1, -0.05) is 48.5 Å². The zero-order valence-electron chi connectivity index (χ0n) is 13.5. The number of benzene rings is 3. The molecule has 0 heterocycles.